The van der Waals surface area contributed by atoms with Gasteiger partial charge in [-0.25, -0.2) is 0 Å². The molecular weight excluding hydrogens is 204 g/mol. The molecule has 0 saturated heterocycles. The molecule has 0 bridgehead atoms. The molecule has 88 valence electrons. The van der Waals surface area contributed by atoms with Gasteiger partial charge in [0.05, 0.1) is 13.7 Å². The number of ether oxygens (including phenoxy) is 2. The summed E-state index contributed by atoms with van der Waals surface area (Å²) >= 11 is 0. The van der Waals surface area contributed by atoms with E-state index in [1.54, 1.807) is 7.11 Å². The summed E-state index contributed by atoms with van der Waals surface area (Å²) in [5.41, 5.74) is 2.22. The first-order chi connectivity index (χ1) is 7.54. The summed E-state index contributed by atoms with van der Waals surface area (Å²) in [5, 5.41) is 0. The fourth-order valence-corrected chi connectivity index (χ4v) is 1.48. The molecule has 0 amide bonds. The molecular formula is C13H18O3. The number of aryl methyl sites for hydroxylation is 1. The van der Waals surface area contributed by atoms with Gasteiger partial charge in [0.1, 0.15) is 5.75 Å². The van der Waals surface area contributed by atoms with Gasteiger partial charge >= 0.3 is 5.97 Å². The maximum absolute atomic E-state index is 10.7. The molecule has 0 heterocycles. The molecule has 0 radical (unpaired) electrons. The third kappa shape index (κ3) is 3.26. The van der Waals surface area contributed by atoms with Crippen LogP contribution in [0.4, 0.5) is 0 Å². The maximum Gasteiger partial charge on any atom is 0.302 e. The number of rotatable bonds is 4. The zero-order valence-electron chi connectivity index (χ0n) is 10.2. The molecule has 0 saturated carbocycles. The minimum atomic E-state index is -0.245. The van der Waals surface area contributed by atoms with Gasteiger partial charge in [-0.05, 0) is 24.1 Å². The summed E-state index contributed by atoms with van der Waals surface area (Å²) in [6.07, 6.45) is 0. The Balaban J connectivity index is 2.75. The van der Waals surface area contributed by atoms with E-state index in [2.05, 4.69) is 0 Å². The largest absolute Gasteiger partial charge is 0.496 e. The molecule has 1 aromatic carbocycles. The molecule has 0 aliphatic carbocycles. The smallest absolute Gasteiger partial charge is 0.302 e. The first-order valence-electron chi connectivity index (χ1n) is 5.32. The zero-order valence-corrected chi connectivity index (χ0v) is 10.2. The molecule has 0 N–H and O–H groups in total. The highest BCUT2D eigenvalue weighted by atomic mass is 16.5. The Kier molecular flexibility index (Phi) is 4.35. The highest BCUT2D eigenvalue weighted by Gasteiger charge is 2.09. The average molecular weight is 222 g/mol. The van der Waals surface area contributed by atoms with Gasteiger partial charge in [-0.2, -0.15) is 0 Å². The van der Waals surface area contributed by atoms with Crippen LogP contribution < -0.4 is 4.74 Å². The minimum absolute atomic E-state index is 0.179. The fraction of sp³-hybridized carbons (Fsp3) is 0.462. The highest BCUT2D eigenvalue weighted by molar-refractivity contribution is 5.65. The number of methoxy groups -OCH3 is 1. The molecule has 0 aromatic heterocycles. The number of hydrogen-bond donors (Lipinski definition) is 0. The lowest BCUT2D eigenvalue weighted by Crippen LogP contribution is -2.08. The van der Waals surface area contributed by atoms with Crippen molar-refractivity contribution in [3.8, 4) is 5.75 Å². The fourth-order valence-electron chi connectivity index (χ4n) is 1.48. The Bertz CT molecular complexity index is 371. The molecule has 16 heavy (non-hydrogen) atoms. The van der Waals surface area contributed by atoms with Crippen LogP contribution in [0.1, 0.15) is 30.9 Å². The predicted molar refractivity (Wildman–Crippen MR) is 62.8 cm³/mol. The van der Waals surface area contributed by atoms with Gasteiger partial charge in [0, 0.05) is 12.8 Å². The molecule has 1 atom stereocenters. The van der Waals surface area contributed by atoms with Crippen molar-refractivity contribution in [2.45, 2.75) is 26.7 Å². The third-order valence-corrected chi connectivity index (χ3v) is 2.54. The number of carbonyl (C=O) groups is 1. The predicted octanol–water partition coefficient (Wildman–Crippen LogP) is 2.67. The molecule has 0 aliphatic rings. The average Bonchev–Trinajstić information content (AvgIpc) is 2.26. The van der Waals surface area contributed by atoms with Crippen LogP contribution in [-0.2, 0) is 9.53 Å². The highest BCUT2D eigenvalue weighted by Crippen LogP contribution is 2.24. The van der Waals surface area contributed by atoms with Gasteiger partial charge in [-0.1, -0.05) is 19.1 Å². The van der Waals surface area contributed by atoms with E-state index >= 15 is 0 Å². The normalized spacial score (nSPS) is 12.0. The van der Waals surface area contributed by atoms with Crippen molar-refractivity contribution >= 4 is 5.97 Å². The quantitative estimate of drug-likeness (QED) is 0.735. The van der Waals surface area contributed by atoms with Crippen LogP contribution in [0.25, 0.3) is 0 Å². The summed E-state index contributed by atoms with van der Waals surface area (Å²) in [4.78, 5) is 10.7. The van der Waals surface area contributed by atoms with E-state index in [4.69, 9.17) is 9.47 Å². The summed E-state index contributed by atoms with van der Waals surface area (Å²) in [5.74, 6) is 0.802. The van der Waals surface area contributed by atoms with E-state index in [0.717, 1.165) is 16.9 Å². The van der Waals surface area contributed by atoms with Crippen LogP contribution in [0, 0.1) is 6.92 Å². The lowest BCUT2D eigenvalue weighted by Gasteiger charge is -2.14. The van der Waals surface area contributed by atoms with Crippen molar-refractivity contribution < 1.29 is 14.3 Å². The lowest BCUT2D eigenvalue weighted by molar-refractivity contribution is -0.141. The summed E-state index contributed by atoms with van der Waals surface area (Å²) < 4.78 is 10.2. The second kappa shape index (κ2) is 5.54. The first-order valence-corrected chi connectivity index (χ1v) is 5.32. The number of carbonyl (C=O) groups excluding carboxylic acids is 1. The minimum Gasteiger partial charge on any atom is -0.496 e. The summed E-state index contributed by atoms with van der Waals surface area (Å²) in [6.45, 7) is 5.84. The van der Waals surface area contributed by atoms with E-state index in [0.29, 0.717) is 6.61 Å². The number of esters is 1. The second-order valence-corrected chi connectivity index (χ2v) is 3.93. The van der Waals surface area contributed by atoms with Crippen LogP contribution in [-0.4, -0.2) is 19.7 Å². The van der Waals surface area contributed by atoms with Gasteiger partial charge < -0.3 is 9.47 Å². The molecule has 0 unspecified atom stereocenters. The van der Waals surface area contributed by atoms with Crippen LogP contribution in [0.5, 0.6) is 5.75 Å². The molecule has 0 spiro atoms. The first kappa shape index (κ1) is 12.6. The molecule has 1 rings (SSSR count). The van der Waals surface area contributed by atoms with Gasteiger partial charge in [-0.3, -0.25) is 4.79 Å². The van der Waals surface area contributed by atoms with Gasteiger partial charge in [0.25, 0.3) is 0 Å². The summed E-state index contributed by atoms with van der Waals surface area (Å²) in [7, 11) is 1.66. The number of benzene rings is 1. The SMILES string of the molecule is COc1cc([C@H](C)COC(C)=O)ccc1C. The Morgan fingerprint density at radius 2 is 2.12 bits per heavy atom. The van der Waals surface area contributed by atoms with E-state index in [9.17, 15) is 4.79 Å². The lowest BCUT2D eigenvalue weighted by atomic mass is 10.0. The van der Waals surface area contributed by atoms with E-state index in [-0.39, 0.29) is 11.9 Å². The van der Waals surface area contributed by atoms with Crippen LogP contribution in [0.2, 0.25) is 0 Å². The molecule has 0 fully saturated rings. The Hall–Kier alpha value is -1.51. The van der Waals surface area contributed by atoms with Crippen molar-refractivity contribution in [3.05, 3.63) is 29.3 Å². The second-order valence-electron chi connectivity index (χ2n) is 3.93. The van der Waals surface area contributed by atoms with Crippen LogP contribution in [0.3, 0.4) is 0 Å². The van der Waals surface area contributed by atoms with E-state index in [1.807, 2.05) is 32.0 Å². The molecule has 0 aliphatic heterocycles. The Morgan fingerprint density at radius 1 is 1.44 bits per heavy atom. The summed E-state index contributed by atoms with van der Waals surface area (Å²) in [6, 6.07) is 6.04. The Labute approximate surface area is 96.4 Å². The molecule has 3 nitrogen and oxygen atoms in total. The maximum atomic E-state index is 10.7. The zero-order chi connectivity index (χ0) is 12.1. The van der Waals surface area contributed by atoms with Crippen molar-refractivity contribution in [1.29, 1.82) is 0 Å². The third-order valence-electron chi connectivity index (χ3n) is 2.54. The number of hydrogen-bond acceptors (Lipinski definition) is 3. The van der Waals surface area contributed by atoms with Gasteiger partial charge in [0.15, 0.2) is 0 Å². The molecule has 1 aromatic rings. The van der Waals surface area contributed by atoms with Gasteiger partial charge in [0.2, 0.25) is 0 Å². The van der Waals surface area contributed by atoms with Crippen LogP contribution in [0.15, 0.2) is 18.2 Å². The van der Waals surface area contributed by atoms with Crippen molar-refractivity contribution in [3.63, 3.8) is 0 Å². The van der Waals surface area contributed by atoms with Crippen molar-refractivity contribution in [1.82, 2.24) is 0 Å². The standard InChI is InChI=1S/C13H18O3/c1-9-5-6-12(7-13(9)15-4)10(2)8-16-11(3)14/h5-7,10H,8H2,1-4H3/t10-/m1/s1. The monoisotopic (exact) mass is 222 g/mol. The van der Waals surface area contributed by atoms with Crippen LogP contribution >= 0.6 is 0 Å². The molecule has 3 heteroatoms. The van der Waals surface area contributed by atoms with Crippen molar-refractivity contribution in [2.24, 2.45) is 0 Å². The Morgan fingerprint density at radius 3 is 2.69 bits per heavy atom. The van der Waals surface area contributed by atoms with Crippen molar-refractivity contribution in [2.75, 3.05) is 13.7 Å². The van der Waals surface area contributed by atoms with E-state index < -0.39 is 0 Å². The van der Waals surface area contributed by atoms with E-state index in [1.165, 1.54) is 6.92 Å². The topological polar surface area (TPSA) is 35.5 Å². The van der Waals surface area contributed by atoms with Gasteiger partial charge in [-0.15, -0.1) is 0 Å².